The zero-order valence-corrected chi connectivity index (χ0v) is 6.68. The van der Waals surface area contributed by atoms with Crippen molar-refractivity contribution in [3.8, 4) is 0 Å². The minimum atomic E-state index is -0.905. The molecule has 0 aromatic heterocycles. The maximum absolute atomic E-state index is 11.0. The zero-order chi connectivity index (χ0) is 9.56. The first-order valence-electron chi connectivity index (χ1n) is 3.44. The van der Waals surface area contributed by atoms with Crippen LogP contribution < -0.4 is 0 Å². The average Bonchev–Trinajstić information content (AvgIpc) is 2.12. The molecule has 0 aliphatic heterocycles. The molecular formula is C7H13NO4. The van der Waals surface area contributed by atoms with Gasteiger partial charge in [0.1, 0.15) is 0 Å². The highest BCUT2D eigenvalue weighted by atomic mass is 16.3. The number of nitrogens with zero attached hydrogens (tertiary/aromatic N) is 1. The van der Waals surface area contributed by atoms with E-state index in [4.69, 9.17) is 15.3 Å². The van der Waals surface area contributed by atoms with Crippen LogP contribution in [-0.4, -0.2) is 52.1 Å². The van der Waals surface area contributed by atoms with Gasteiger partial charge >= 0.3 is 0 Å². The number of carbonyl (C=O) groups excluding carboxylic acids is 1. The first kappa shape index (κ1) is 11.2. The van der Waals surface area contributed by atoms with Crippen LogP contribution >= 0.6 is 0 Å². The molecule has 12 heavy (non-hydrogen) atoms. The van der Waals surface area contributed by atoms with Gasteiger partial charge in [-0.2, -0.15) is 0 Å². The Morgan fingerprint density at radius 1 is 1.42 bits per heavy atom. The molecule has 0 rings (SSSR count). The van der Waals surface area contributed by atoms with Crippen LogP contribution in [0.25, 0.3) is 0 Å². The highest BCUT2D eigenvalue weighted by Crippen LogP contribution is 1.98. The molecule has 0 heterocycles. The maximum Gasteiger partial charge on any atom is 0.174 e. The summed E-state index contributed by atoms with van der Waals surface area (Å²) in [5.74, 6) is -0.430. The Kier molecular flexibility index (Phi) is 5.48. The van der Waals surface area contributed by atoms with Gasteiger partial charge in [0.25, 0.3) is 0 Å². The summed E-state index contributed by atoms with van der Waals surface area (Å²) in [6, 6.07) is -0.905. The third-order valence-electron chi connectivity index (χ3n) is 1.51. The van der Waals surface area contributed by atoms with Crippen molar-refractivity contribution in [2.75, 3.05) is 20.1 Å². The topological polar surface area (TPSA) is 81.0 Å². The summed E-state index contributed by atoms with van der Waals surface area (Å²) < 4.78 is 0. The minimum absolute atomic E-state index is 0.430. The molecule has 1 atom stereocenters. The van der Waals surface area contributed by atoms with E-state index in [1.165, 1.54) is 0 Å². The molecule has 0 aliphatic carbocycles. The molecule has 0 aromatic rings. The lowest BCUT2D eigenvalue weighted by molar-refractivity contribution is -0.125. The first-order chi connectivity index (χ1) is 5.71. The predicted molar refractivity (Wildman–Crippen MR) is 42.1 cm³/mol. The second-order valence-electron chi connectivity index (χ2n) is 2.18. The van der Waals surface area contributed by atoms with E-state index >= 15 is 0 Å². The van der Waals surface area contributed by atoms with Gasteiger partial charge in [0, 0.05) is 0 Å². The first-order valence-corrected chi connectivity index (χ1v) is 3.44. The number of aliphatic hydroxyl groups is 3. The summed E-state index contributed by atoms with van der Waals surface area (Å²) in [5, 5.41) is 26.0. The largest absolute Gasteiger partial charge is 0.394 e. The van der Waals surface area contributed by atoms with Crippen LogP contribution in [0.4, 0.5) is 0 Å². The van der Waals surface area contributed by atoms with Crippen molar-refractivity contribution in [3.05, 3.63) is 12.7 Å². The number of ketones is 1. The Morgan fingerprint density at radius 2 is 1.92 bits per heavy atom. The van der Waals surface area contributed by atoms with Crippen LogP contribution in [0.5, 0.6) is 0 Å². The monoisotopic (exact) mass is 175 g/mol. The fourth-order valence-electron chi connectivity index (χ4n) is 0.763. The number of aliphatic hydroxyl groups excluding tert-OH is 3. The van der Waals surface area contributed by atoms with Gasteiger partial charge in [-0.25, -0.2) is 4.90 Å². The molecule has 0 bridgehead atoms. The van der Waals surface area contributed by atoms with Gasteiger partial charge in [-0.15, -0.1) is 0 Å². The summed E-state index contributed by atoms with van der Waals surface area (Å²) in [4.78, 5) is 12.0. The highest BCUT2D eigenvalue weighted by Gasteiger charge is 2.21. The van der Waals surface area contributed by atoms with Gasteiger partial charge in [0.05, 0.1) is 26.1 Å². The van der Waals surface area contributed by atoms with Gasteiger partial charge in [0.15, 0.2) is 5.78 Å². The van der Waals surface area contributed by atoms with Gasteiger partial charge in [-0.3, -0.25) is 4.79 Å². The molecule has 0 saturated heterocycles. The predicted octanol–water partition coefficient (Wildman–Crippen LogP) is -1.70. The molecule has 1 unspecified atom stereocenters. The van der Waals surface area contributed by atoms with Crippen LogP contribution in [0.3, 0.4) is 0 Å². The third kappa shape index (κ3) is 2.71. The van der Waals surface area contributed by atoms with E-state index in [1.807, 2.05) is 0 Å². The third-order valence-corrected chi connectivity index (χ3v) is 1.51. The minimum Gasteiger partial charge on any atom is -0.394 e. The SMILES string of the molecule is C=CC(=O)C(CO)N(CO)CO. The van der Waals surface area contributed by atoms with Crippen molar-refractivity contribution < 1.29 is 20.1 Å². The molecule has 0 radical (unpaired) electrons. The number of rotatable bonds is 6. The zero-order valence-electron chi connectivity index (χ0n) is 6.68. The van der Waals surface area contributed by atoms with E-state index in [0.29, 0.717) is 0 Å². The smallest absolute Gasteiger partial charge is 0.174 e. The van der Waals surface area contributed by atoms with Crippen LogP contribution in [0, 0.1) is 0 Å². The average molecular weight is 175 g/mol. The van der Waals surface area contributed by atoms with Crippen LogP contribution in [0.2, 0.25) is 0 Å². The lowest BCUT2D eigenvalue weighted by Gasteiger charge is -2.23. The normalized spacial score (nSPS) is 13.0. The molecular weight excluding hydrogens is 162 g/mol. The Hall–Kier alpha value is -0.750. The summed E-state index contributed by atoms with van der Waals surface area (Å²) in [7, 11) is 0. The molecule has 0 aliphatic rings. The van der Waals surface area contributed by atoms with E-state index in [9.17, 15) is 4.79 Å². The van der Waals surface area contributed by atoms with E-state index in [0.717, 1.165) is 11.0 Å². The lowest BCUT2D eigenvalue weighted by Crippen LogP contribution is -2.44. The van der Waals surface area contributed by atoms with Crippen molar-refractivity contribution in [2.24, 2.45) is 0 Å². The van der Waals surface area contributed by atoms with Crippen molar-refractivity contribution in [2.45, 2.75) is 6.04 Å². The Labute approximate surface area is 70.5 Å². The molecule has 70 valence electrons. The van der Waals surface area contributed by atoms with E-state index in [-0.39, 0.29) is 0 Å². The van der Waals surface area contributed by atoms with Crippen molar-refractivity contribution in [1.29, 1.82) is 0 Å². The Bertz CT molecular complexity index is 155. The van der Waals surface area contributed by atoms with E-state index in [2.05, 4.69) is 6.58 Å². The molecule has 5 heteroatoms. The number of hydrogen-bond acceptors (Lipinski definition) is 5. The molecule has 3 N–H and O–H groups in total. The highest BCUT2D eigenvalue weighted by molar-refractivity contribution is 5.93. The quantitative estimate of drug-likeness (QED) is 0.331. The maximum atomic E-state index is 11.0. The van der Waals surface area contributed by atoms with Crippen molar-refractivity contribution >= 4 is 5.78 Å². The van der Waals surface area contributed by atoms with Gasteiger partial charge in [-0.05, 0) is 6.08 Å². The van der Waals surface area contributed by atoms with Crippen LogP contribution in [0.15, 0.2) is 12.7 Å². The Balaban J connectivity index is 4.29. The van der Waals surface area contributed by atoms with Gasteiger partial charge in [-0.1, -0.05) is 6.58 Å². The van der Waals surface area contributed by atoms with Crippen LogP contribution in [-0.2, 0) is 4.79 Å². The summed E-state index contributed by atoms with van der Waals surface area (Å²) in [5.41, 5.74) is 0. The summed E-state index contributed by atoms with van der Waals surface area (Å²) >= 11 is 0. The van der Waals surface area contributed by atoms with Gasteiger partial charge < -0.3 is 15.3 Å². The summed E-state index contributed by atoms with van der Waals surface area (Å²) in [6.07, 6.45) is 1.04. The number of carbonyl (C=O) groups is 1. The summed E-state index contributed by atoms with van der Waals surface area (Å²) in [6.45, 7) is 1.81. The molecule has 0 saturated carbocycles. The molecule has 5 nitrogen and oxygen atoms in total. The Morgan fingerprint density at radius 3 is 2.17 bits per heavy atom. The van der Waals surface area contributed by atoms with Crippen LogP contribution in [0.1, 0.15) is 0 Å². The van der Waals surface area contributed by atoms with Gasteiger partial charge in [0.2, 0.25) is 0 Å². The number of hydrogen-bond donors (Lipinski definition) is 3. The molecule has 0 aromatic carbocycles. The fraction of sp³-hybridized carbons (Fsp3) is 0.571. The van der Waals surface area contributed by atoms with Crippen molar-refractivity contribution in [1.82, 2.24) is 4.90 Å². The van der Waals surface area contributed by atoms with E-state index in [1.54, 1.807) is 0 Å². The molecule has 0 spiro atoms. The second-order valence-corrected chi connectivity index (χ2v) is 2.18. The fourth-order valence-corrected chi connectivity index (χ4v) is 0.763. The second kappa shape index (κ2) is 5.84. The van der Waals surface area contributed by atoms with E-state index < -0.39 is 31.9 Å². The molecule has 0 amide bonds. The van der Waals surface area contributed by atoms with Crippen molar-refractivity contribution in [3.63, 3.8) is 0 Å². The standard InChI is InChI=1S/C7H13NO4/c1-2-7(12)6(3-9)8(4-10)5-11/h2,6,9-11H,1,3-5H2. The lowest BCUT2D eigenvalue weighted by atomic mass is 10.2. The molecule has 0 fully saturated rings.